The van der Waals surface area contributed by atoms with Crippen LogP contribution in [-0.4, -0.2) is 94.2 Å². The summed E-state index contributed by atoms with van der Waals surface area (Å²) >= 11 is 1.39. The lowest BCUT2D eigenvalue weighted by Crippen LogP contribution is -2.47. The van der Waals surface area contributed by atoms with Gasteiger partial charge in [0.15, 0.2) is 5.13 Å². The normalized spacial score (nSPS) is 14.4. The number of thiazole rings is 1. The van der Waals surface area contributed by atoms with Crippen LogP contribution in [0.3, 0.4) is 0 Å². The summed E-state index contributed by atoms with van der Waals surface area (Å²) in [5.41, 5.74) is 1.35. The van der Waals surface area contributed by atoms with E-state index in [0.717, 1.165) is 18.2 Å². The van der Waals surface area contributed by atoms with Gasteiger partial charge in [-0.05, 0) is 25.2 Å². The zero-order valence-corrected chi connectivity index (χ0v) is 19.2. The first-order valence-electron chi connectivity index (χ1n) is 10.1. The van der Waals surface area contributed by atoms with E-state index in [0.29, 0.717) is 48.9 Å². The van der Waals surface area contributed by atoms with Gasteiger partial charge in [-0.2, -0.15) is 0 Å². The number of rotatable bonds is 8. The molecule has 10 heteroatoms. The number of nitrogens with zero attached hydrogens (tertiary/aromatic N) is 4. The highest BCUT2D eigenvalue weighted by Gasteiger charge is 2.22. The molecule has 1 aromatic carbocycles. The molecule has 0 bridgehead atoms. The lowest BCUT2D eigenvalue weighted by atomic mass is 10.1. The molecule has 1 aliphatic heterocycles. The van der Waals surface area contributed by atoms with Crippen LogP contribution in [0.4, 0.5) is 10.8 Å². The monoisotopic (exact) mass is 447 g/mol. The first-order valence-corrected chi connectivity index (χ1v) is 10.9. The Kier molecular flexibility index (Phi) is 7.83. The number of carbonyl (C=O) groups excluding carboxylic acids is 2. The predicted molar refractivity (Wildman–Crippen MR) is 122 cm³/mol. The highest BCUT2D eigenvalue weighted by atomic mass is 32.1. The van der Waals surface area contributed by atoms with E-state index in [1.807, 2.05) is 23.9 Å². The van der Waals surface area contributed by atoms with Crippen molar-refractivity contribution in [3.63, 3.8) is 0 Å². The van der Waals surface area contributed by atoms with Crippen LogP contribution in [0.25, 0.3) is 0 Å². The third-order valence-corrected chi connectivity index (χ3v) is 6.12. The number of nitrogens with one attached hydrogen (secondary N) is 1. The van der Waals surface area contributed by atoms with E-state index in [-0.39, 0.29) is 11.8 Å². The van der Waals surface area contributed by atoms with E-state index in [1.54, 1.807) is 30.7 Å². The summed E-state index contributed by atoms with van der Waals surface area (Å²) in [6, 6.07) is 5.07. The van der Waals surface area contributed by atoms with Crippen LogP contribution in [0.2, 0.25) is 0 Å². The molecular weight excluding hydrogens is 418 g/mol. The van der Waals surface area contributed by atoms with Gasteiger partial charge >= 0.3 is 0 Å². The maximum atomic E-state index is 12.8. The summed E-state index contributed by atoms with van der Waals surface area (Å²) in [7, 11) is 7.11. The number of amides is 2. The summed E-state index contributed by atoms with van der Waals surface area (Å²) in [5, 5.41) is 5.28. The molecule has 0 atom stereocenters. The van der Waals surface area contributed by atoms with Gasteiger partial charge in [-0.3, -0.25) is 9.59 Å². The predicted octanol–water partition coefficient (Wildman–Crippen LogP) is 1.87. The quantitative estimate of drug-likeness (QED) is 0.661. The Bertz CT molecular complexity index is 911. The number of benzene rings is 1. The highest BCUT2D eigenvalue weighted by Crippen LogP contribution is 2.28. The SMILES string of the molecule is COCCN(C)c1nc(C(=O)Nc2ccc(C(=O)N3CCN(C)CC3)cc2OC)cs1. The molecule has 1 fully saturated rings. The van der Waals surface area contributed by atoms with Crippen molar-refractivity contribution in [2.45, 2.75) is 0 Å². The zero-order chi connectivity index (χ0) is 22.4. The number of anilines is 2. The molecule has 2 aromatic rings. The van der Waals surface area contributed by atoms with E-state index < -0.39 is 0 Å². The third-order valence-electron chi connectivity index (χ3n) is 5.17. The second kappa shape index (κ2) is 10.6. The summed E-state index contributed by atoms with van der Waals surface area (Å²) in [4.78, 5) is 35.9. The maximum absolute atomic E-state index is 12.8. The maximum Gasteiger partial charge on any atom is 0.275 e. The summed E-state index contributed by atoms with van der Waals surface area (Å²) in [5.74, 6) is 0.0626. The largest absolute Gasteiger partial charge is 0.495 e. The minimum Gasteiger partial charge on any atom is -0.495 e. The van der Waals surface area contributed by atoms with Crippen LogP contribution in [0.5, 0.6) is 5.75 Å². The Hall–Kier alpha value is -2.69. The average Bonchev–Trinajstić information content (AvgIpc) is 3.28. The van der Waals surface area contributed by atoms with Crippen LogP contribution in [0, 0.1) is 0 Å². The number of carbonyl (C=O) groups is 2. The molecule has 1 aliphatic rings. The van der Waals surface area contributed by atoms with Crippen molar-refractivity contribution in [1.29, 1.82) is 0 Å². The smallest absolute Gasteiger partial charge is 0.275 e. The molecule has 0 aliphatic carbocycles. The lowest BCUT2D eigenvalue weighted by molar-refractivity contribution is 0.0663. The lowest BCUT2D eigenvalue weighted by Gasteiger charge is -2.32. The van der Waals surface area contributed by atoms with E-state index >= 15 is 0 Å². The van der Waals surface area contributed by atoms with Gasteiger partial charge in [-0.1, -0.05) is 0 Å². The van der Waals surface area contributed by atoms with E-state index in [4.69, 9.17) is 9.47 Å². The van der Waals surface area contributed by atoms with Crippen molar-refractivity contribution in [2.75, 3.05) is 77.9 Å². The summed E-state index contributed by atoms with van der Waals surface area (Å²) in [6.07, 6.45) is 0. The average molecular weight is 448 g/mol. The topological polar surface area (TPSA) is 87.2 Å². The zero-order valence-electron chi connectivity index (χ0n) is 18.4. The van der Waals surface area contributed by atoms with Gasteiger partial charge in [-0.25, -0.2) is 4.98 Å². The first kappa shape index (κ1) is 23.0. The van der Waals surface area contributed by atoms with Gasteiger partial charge in [-0.15, -0.1) is 11.3 Å². The van der Waals surface area contributed by atoms with E-state index in [9.17, 15) is 9.59 Å². The second-order valence-corrected chi connectivity index (χ2v) is 8.23. The summed E-state index contributed by atoms with van der Waals surface area (Å²) in [6.45, 7) is 4.36. The Labute approximate surface area is 186 Å². The fourth-order valence-electron chi connectivity index (χ4n) is 3.17. The first-order chi connectivity index (χ1) is 14.9. The molecule has 0 saturated carbocycles. The number of aromatic nitrogens is 1. The number of ether oxygens (including phenoxy) is 2. The summed E-state index contributed by atoms with van der Waals surface area (Å²) < 4.78 is 10.5. The number of piperazine rings is 1. The van der Waals surface area contributed by atoms with Crippen LogP contribution in [0.1, 0.15) is 20.8 Å². The Balaban J connectivity index is 1.68. The van der Waals surface area contributed by atoms with E-state index in [1.165, 1.54) is 18.4 Å². The van der Waals surface area contributed by atoms with E-state index in [2.05, 4.69) is 15.2 Å². The van der Waals surface area contributed by atoms with Gasteiger partial charge in [0.05, 0.1) is 19.4 Å². The van der Waals surface area contributed by atoms with Crippen LogP contribution >= 0.6 is 11.3 Å². The van der Waals surface area contributed by atoms with Crippen molar-refractivity contribution >= 4 is 34.0 Å². The van der Waals surface area contributed by atoms with Crippen molar-refractivity contribution < 1.29 is 19.1 Å². The number of likely N-dealkylation sites (N-methyl/N-ethyl adjacent to an activating group) is 2. The Morgan fingerprint density at radius 1 is 1.23 bits per heavy atom. The van der Waals surface area contributed by atoms with Crippen molar-refractivity contribution in [3.8, 4) is 5.75 Å². The van der Waals surface area contributed by atoms with Gasteiger partial charge < -0.3 is 29.5 Å². The minimum atomic E-state index is -0.334. The Morgan fingerprint density at radius 2 is 1.97 bits per heavy atom. The molecule has 1 N–H and O–H groups in total. The number of hydrogen-bond donors (Lipinski definition) is 1. The highest BCUT2D eigenvalue weighted by molar-refractivity contribution is 7.13. The number of methoxy groups -OCH3 is 2. The molecule has 0 spiro atoms. The van der Waals surface area contributed by atoms with Gasteiger partial charge in [0.1, 0.15) is 11.4 Å². The third kappa shape index (κ3) is 5.72. The molecule has 0 radical (unpaired) electrons. The second-order valence-electron chi connectivity index (χ2n) is 7.39. The standard InChI is InChI=1S/C21H29N5O4S/c1-24-7-9-26(10-8-24)20(28)15-5-6-16(18(13-15)30-4)22-19(27)17-14-31-21(23-17)25(2)11-12-29-3/h5-6,13-14H,7-12H2,1-4H3,(H,22,27). The Morgan fingerprint density at radius 3 is 2.65 bits per heavy atom. The molecule has 2 heterocycles. The molecule has 1 aromatic heterocycles. The molecular formula is C21H29N5O4S. The molecule has 1 saturated heterocycles. The van der Waals surface area contributed by atoms with Crippen molar-refractivity contribution in [2.24, 2.45) is 0 Å². The van der Waals surface area contributed by atoms with Crippen LogP contribution in [-0.2, 0) is 4.74 Å². The van der Waals surface area contributed by atoms with Crippen molar-refractivity contribution in [3.05, 3.63) is 34.8 Å². The number of hydrogen-bond acceptors (Lipinski definition) is 8. The van der Waals surface area contributed by atoms with Gasteiger partial charge in [0.25, 0.3) is 11.8 Å². The molecule has 3 rings (SSSR count). The van der Waals surface area contributed by atoms with Gasteiger partial charge in [0, 0.05) is 57.8 Å². The fraction of sp³-hybridized carbons (Fsp3) is 0.476. The van der Waals surface area contributed by atoms with Crippen LogP contribution in [0.15, 0.2) is 23.6 Å². The van der Waals surface area contributed by atoms with Gasteiger partial charge in [0.2, 0.25) is 0 Å². The molecule has 9 nitrogen and oxygen atoms in total. The fourth-order valence-corrected chi connectivity index (χ4v) is 3.97. The molecule has 2 amide bonds. The minimum absolute atomic E-state index is 0.0347. The molecule has 0 unspecified atom stereocenters. The molecule has 168 valence electrons. The van der Waals surface area contributed by atoms with Crippen molar-refractivity contribution in [1.82, 2.24) is 14.8 Å². The van der Waals surface area contributed by atoms with Crippen LogP contribution < -0.4 is 15.0 Å². The molecule has 31 heavy (non-hydrogen) atoms.